The van der Waals surface area contributed by atoms with Crippen molar-refractivity contribution in [1.82, 2.24) is 5.32 Å². The van der Waals surface area contributed by atoms with Crippen LogP contribution < -0.4 is 15.0 Å². The molecule has 104 valence electrons. The Morgan fingerprint density at radius 2 is 2.26 bits per heavy atom. The standard InChI is InChI=1S/C14H21N3O2/c1-10(2)13-9-17(7-6-15-13)11-4-5-12(16-18)14(8-11)19-3/h4-5,8,10,13,15H,6-7,9H2,1-3H3/t13-/m1/s1. The summed E-state index contributed by atoms with van der Waals surface area (Å²) in [4.78, 5) is 13.0. The summed E-state index contributed by atoms with van der Waals surface area (Å²) in [6.45, 7) is 7.34. The third-order valence-electron chi connectivity index (χ3n) is 3.64. The zero-order chi connectivity index (χ0) is 13.8. The van der Waals surface area contributed by atoms with Crippen LogP contribution in [0.25, 0.3) is 0 Å². The normalized spacial score (nSPS) is 19.6. The second kappa shape index (κ2) is 6.02. The topological polar surface area (TPSA) is 53.9 Å². The van der Waals surface area contributed by atoms with Gasteiger partial charge in [-0.25, -0.2) is 0 Å². The van der Waals surface area contributed by atoms with Crippen molar-refractivity contribution >= 4 is 11.4 Å². The van der Waals surface area contributed by atoms with Crippen LogP contribution in [0.15, 0.2) is 23.4 Å². The number of piperazine rings is 1. The van der Waals surface area contributed by atoms with E-state index in [1.165, 1.54) is 0 Å². The Morgan fingerprint density at radius 3 is 2.89 bits per heavy atom. The maximum Gasteiger partial charge on any atom is 0.150 e. The van der Waals surface area contributed by atoms with Gasteiger partial charge in [0.1, 0.15) is 11.4 Å². The van der Waals surface area contributed by atoms with E-state index in [2.05, 4.69) is 29.2 Å². The zero-order valence-electron chi connectivity index (χ0n) is 11.7. The van der Waals surface area contributed by atoms with Crippen molar-refractivity contribution < 1.29 is 4.74 Å². The molecule has 0 unspecified atom stereocenters. The van der Waals surface area contributed by atoms with Gasteiger partial charge in [-0.3, -0.25) is 0 Å². The molecule has 19 heavy (non-hydrogen) atoms. The van der Waals surface area contributed by atoms with E-state index in [-0.39, 0.29) is 0 Å². The predicted molar refractivity (Wildman–Crippen MR) is 77.3 cm³/mol. The molecule has 0 bridgehead atoms. The average molecular weight is 263 g/mol. The Labute approximate surface area is 113 Å². The van der Waals surface area contributed by atoms with Crippen molar-refractivity contribution in [3.63, 3.8) is 0 Å². The molecule has 0 spiro atoms. The van der Waals surface area contributed by atoms with Crippen molar-refractivity contribution in [2.24, 2.45) is 11.1 Å². The van der Waals surface area contributed by atoms with E-state index < -0.39 is 0 Å². The van der Waals surface area contributed by atoms with E-state index in [1.54, 1.807) is 13.2 Å². The molecule has 5 heteroatoms. The molecule has 1 atom stereocenters. The molecule has 0 radical (unpaired) electrons. The molecule has 0 saturated carbocycles. The van der Waals surface area contributed by atoms with Crippen LogP contribution in [0.2, 0.25) is 0 Å². The van der Waals surface area contributed by atoms with Gasteiger partial charge in [-0.2, -0.15) is 0 Å². The number of nitrogens with zero attached hydrogens (tertiary/aromatic N) is 2. The number of anilines is 1. The Balaban J connectivity index is 2.19. The predicted octanol–water partition coefficient (Wildman–Crippen LogP) is 2.53. The minimum absolute atomic E-state index is 0.349. The average Bonchev–Trinajstić information content (AvgIpc) is 2.46. The molecule has 0 amide bonds. The third-order valence-corrected chi connectivity index (χ3v) is 3.64. The van der Waals surface area contributed by atoms with Gasteiger partial charge in [0.05, 0.1) is 7.11 Å². The highest BCUT2D eigenvalue weighted by Gasteiger charge is 2.22. The summed E-state index contributed by atoms with van der Waals surface area (Å²) in [6.07, 6.45) is 0. The maximum atomic E-state index is 10.7. The van der Waals surface area contributed by atoms with Crippen LogP contribution in [0.4, 0.5) is 11.4 Å². The minimum atomic E-state index is 0.349. The lowest BCUT2D eigenvalue weighted by Gasteiger charge is -2.37. The highest BCUT2D eigenvalue weighted by molar-refractivity contribution is 5.62. The molecule has 1 saturated heterocycles. The molecule has 1 N–H and O–H groups in total. The molecule has 1 aromatic rings. The lowest BCUT2D eigenvalue weighted by Crippen LogP contribution is -2.52. The van der Waals surface area contributed by atoms with Gasteiger partial charge in [-0.15, -0.1) is 4.91 Å². The lowest BCUT2D eigenvalue weighted by molar-refractivity contribution is 0.368. The number of hydrogen-bond donors (Lipinski definition) is 1. The Morgan fingerprint density at radius 1 is 1.47 bits per heavy atom. The Hall–Kier alpha value is -1.62. The largest absolute Gasteiger partial charge is 0.494 e. The molecule has 1 heterocycles. The first-order valence-electron chi connectivity index (χ1n) is 6.65. The molecule has 1 aliphatic heterocycles. The quantitative estimate of drug-likeness (QED) is 0.848. The van der Waals surface area contributed by atoms with Crippen LogP contribution in [0.1, 0.15) is 13.8 Å². The molecule has 1 aliphatic rings. The summed E-state index contributed by atoms with van der Waals surface area (Å²) in [5.41, 5.74) is 1.43. The molecule has 0 aromatic heterocycles. The van der Waals surface area contributed by atoms with Crippen LogP contribution in [0.3, 0.4) is 0 Å². The summed E-state index contributed by atoms with van der Waals surface area (Å²) < 4.78 is 5.21. The highest BCUT2D eigenvalue weighted by Crippen LogP contribution is 2.32. The van der Waals surface area contributed by atoms with E-state index in [0.29, 0.717) is 23.4 Å². The molecular weight excluding hydrogens is 242 g/mol. The fourth-order valence-corrected chi connectivity index (χ4v) is 2.40. The van der Waals surface area contributed by atoms with Crippen LogP contribution >= 0.6 is 0 Å². The summed E-state index contributed by atoms with van der Waals surface area (Å²) in [5.74, 6) is 1.13. The molecule has 5 nitrogen and oxygen atoms in total. The fourth-order valence-electron chi connectivity index (χ4n) is 2.40. The summed E-state index contributed by atoms with van der Waals surface area (Å²) in [7, 11) is 1.56. The summed E-state index contributed by atoms with van der Waals surface area (Å²) >= 11 is 0. The van der Waals surface area contributed by atoms with Gasteiger partial charge in [-0.1, -0.05) is 13.8 Å². The van der Waals surface area contributed by atoms with Gasteiger partial charge >= 0.3 is 0 Å². The van der Waals surface area contributed by atoms with Crippen molar-refractivity contribution in [2.75, 3.05) is 31.6 Å². The van der Waals surface area contributed by atoms with Gasteiger partial charge in [0, 0.05) is 37.4 Å². The van der Waals surface area contributed by atoms with Gasteiger partial charge in [-0.05, 0) is 23.2 Å². The number of ether oxygens (including phenoxy) is 1. The number of hydrogen-bond acceptors (Lipinski definition) is 5. The van der Waals surface area contributed by atoms with Crippen molar-refractivity contribution in [2.45, 2.75) is 19.9 Å². The SMILES string of the molecule is COc1cc(N2CCN[C@@H](C(C)C)C2)ccc1N=O. The Kier molecular flexibility index (Phi) is 4.37. The highest BCUT2D eigenvalue weighted by atomic mass is 16.5. The first-order valence-corrected chi connectivity index (χ1v) is 6.65. The third kappa shape index (κ3) is 3.04. The van der Waals surface area contributed by atoms with Crippen LogP contribution in [0.5, 0.6) is 5.75 Å². The van der Waals surface area contributed by atoms with Crippen LogP contribution in [0, 0.1) is 10.8 Å². The Bertz CT molecular complexity index is 448. The maximum absolute atomic E-state index is 10.7. The molecule has 1 aromatic carbocycles. The van der Waals surface area contributed by atoms with Gasteiger partial charge < -0.3 is 15.0 Å². The number of methoxy groups -OCH3 is 1. The first-order chi connectivity index (χ1) is 9.15. The van der Waals surface area contributed by atoms with Crippen molar-refractivity contribution in [3.8, 4) is 5.75 Å². The minimum Gasteiger partial charge on any atom is -0.494 e. The van der Waals surface area contributed by atoms with E-state index in [4.69, 9.17) is 4.74 Å². The van der Waals surface area contributed by atoms with Gasteiger partial charge in [0.2, 0.25) is 0 Å². The van der Waals surface area contributed by atoms with Crippen LogP contribution in [-0.2, 0) is 0 Å². The molecular formula is C14H21N3O2. The first kappa shape index (κ1) is 13.8. The molecule has 2 rings (SSSR count). The second-order valence-electron chi connectivity index (χ2n) is 5.20. The van der Waals surface area contributed by atoms with E-state index in [0.717, 1.165) is 25.3 Å². The fraction of sp³-hybridized carbons (Fsp3) is 0.571. The van der Waals surface area contributed by atoms with E-state index >= 15 is 0 Å². The van der Waals surface area contributed by atoms with Crippen molar-refractivity contribution in [1.29, 1.82) is 0 Å². The second-order valence-corrected chi connectivity index (χ2v) is 5.20. The molecule has 0 aliphatic carbocycles. The van der Waals surface area contributed by atoms with Crippen molar-refractivity contribution in [3.05, 3.63) is 23.1 Å². The molecule has 1 fully saturated rings. The van der Waals surface area contributed by atoms with E-state index in [9.17, 15) is 4.91 Å². The smallest absolute Gasteiger partial charge is 0.150 e. The van der Waals surface area contributed by atoms with E-state index in [1.807, 2.05) is 12.1 Å². The zero-order valence-corrected chi connectivity index (χ0v) is 11.7. The number of nitroso groups, excluding NO2 is 1. The number of nitrogens with one attached hydrogen (secondary N) is 1. The monoisotopic (exact) mass is 263 g/mol. The number of benzene rings is 1. The summed E-state index contributed by atoms with van der Waals surface area (Å²) in [5, 5.41) is 6.49. The van der Waals surface area contributed by atoms with Gasteiger partial charge in [0.15, 0.2) is 0 Å². The number of rotatable bonds is 4. The van der Waals surface area contributed by atoms with Crippen LogP contribution in [-0.4, -0.2) is 32.8 Å². The lowest BCUT2D eigenvalue weighted by atomic mass is 10.0. The van der Waals surface area contributed by atoms with Gasteiger partial charge in [0.25, 0.3) is 0 Å². The summed E-state index contributed by atoms with van der Waals surface area (Å²) in [6, 6.07) is 6.03.